The molecule has 8 heteroatoms. The van der Waals surface area contributed by atoms with Gasteiger partial charge in [0.15, 0.2) is 0 Å². The van der Waals surface area contributed by atoms with Crippen LogP contribution in [0.5, 0.6) is 5.75 Å². The average molecular weight is 468 g/mol. The zero-order chi connectivity index (χ0) is 20.7. The number of piperazine rings is 1. The van der Waals surface area contributed by atoms with Crippen LogP contribution < -0.4 is 9.84 Å². The SMILES string of the molecule is COc1ccccc1S(=O)(=O)N1CCN(C([O-])=C2C=CC=C2)CC1.[Fe+2].c1cc[cH-]c1. The van der Waals surface area contributed by atoms with Gasteiger partial charge >= 0.3 is 17.1 Å². The molecular formula is C22H24FeN2O4S. The molecule has 1 fully saturated rings. The molecule has 0 saturated carbocycles. The van der Waals surface area contributed by atoms with Crippen LogP contribution in [0.15, 0.2) is 95.3 Å². The summed E-state index contributed by atoms with van der Waals surface area (Å²) in [7, 11) is -2.19. The fraction of sp³-hybridized carbons (Fsp3) is 0.227. The smallest absolute Gasteiger partial charge is 0.860 e. The number of hydrogen-bond acceptors (Lipinski definition) is 5. The van der Waals surface area contributed by atoms with Gasteiger partial charge in [0.2, 0.25) is 10.0 Å². The van der Waals surface area contributed by atoms with Gasteiger partial charge in [-0.1, -0.05) is 36.4 Å². The van der Waals surface area contributed by atoms with E-state index in [9.17, 15) is 13.5 Å². The van der Waals surface area contributed by atoms with E-state index in [1.165, 1.54) is 17.5 Å². The molecule has 0 aromatic heterocycles. The second kappa shape index (κ2) is 11.1. The van der Waals surface area contributed by atoms with Crippen LogP contribution in [-0.4, -0.2) is 50.9 Å². The van der Waals surface area contributed by atoms with E-state index in [-0.39, 0.29) is 40.9 Å². The van der Waals surface area contributed by atoms with Crippen molar-refractivity contribution in [3.63, 3.8) is 0 Å². The van der Waals surface area contributed by atoms with Crippen LogP contribution >= 0.6 is 0 Å². The van der Waals surface area contributed by atoms with E-state index < -0.39 is 10.0 Å². The summed E-state index contributed by atoms with van der Waals surface area (Å²) >= 11 is 0. The van der Waals surface area contributed by atoms with Crippen molar-refractivity contribution in [3.05, 3.63) is 90.4 Å². The molecule has 2 aliphatic rings. The number of para-hydroxylation sites is 1. The van der Waals surface area contributed by atoms with Crippen molar-refractivity contribution in [2.45, 2.75) is 4.90 Å². The number of rotatable bonds is 4. The summed E-state index contributed by atoms with van der Waals surface area (Å²) < 4.78 is 32.2. The Hall–Kier alpha value is -2.38. The van der Waals surface area contributed by atoms with Crippen LogP contribution in [0.2, 0.25) is 0 Å². The van der Waals surface area contributed by atoms with Gasteiger partial charge in [0.05, 0.1) is 7.11 Å². The molecule has 0 spiro atoms. The van der Waals surface area contributed by atoms with Crippen LogP contribution in [0.1, 0.15) is 0 Å². The third-order valence-electron chi connectivity index (χ3n) is 4.68. The zero-order valence-corrected chi connectivity index (χ0v) is 18.5. The van der Waals surface area contributed by atoms with Crippen LogP contribution in [0.25, 0.3) is 0 Å². The second-order valence-electron chi connectivity index (χ2n) is 6.48. The monoisotopic (exact) mass is 468 g/mol. The van der Waals surface area contributed by atoms with Crippen molar-refractivity contribution in [1.82, 2.24) is 9.21 Å². The minimum absolute atomic E-state index is 0. The summed E-state index contributed by atoms with van der Waals surface area (Å²) in [6, 6.07) is 16.6. The summed E-state index contributed by atoms with van der Waals surface area (Å²) in [5, 5.41) is 12.3. The van der Waals surface area contributed by atoms with E-state index in [0.717, 1.165) is 0 Å². The molecule has 0 radical (unpaired) electrons. The van der Waals surface area contributed by atoms with E-state index in [1.807, 2.05) is 42.5 Å². The van der Waals surface area contributed by atoms with Crippen LogP contribution in [0, 0.1) is 0 Å². The van der Waals surface area contributed by atoms with Gasteiger partial charge in [-0.15, -0.1) is 0 Å². The average Bonchev–Trinajstić information content (AvgIpc) is 3.50. The van der Waals surface area contributed by atoms with Gasteiger partial charge < -0.3 is 14.7 Å². The molecule has 1 saturated heterocycles. The van der Waals surface area contributed by atoms with Gasteiger partial charge in [-0.2, -0.15) is 22.5 Å². The van der Waals surface area contributed by atoms with Crippen molar-refractivity contribution in [1.29, 1.82) is 0 Å². The Morgan fingerprint density at radius 3 is 2.13 bits per heavy atom. The summed E-state index contributed by atoms with van der Waals surface area (Å²) in [4.78, 5) is 1.84. The van der Waals surface area contributed by atoms with Crippen LogP contribution in [0.3, 0.4) is 0 Å². The maximum absolute atomic E-state index is 12.8. The van der Waals surface area contributed by atoms with E-state index >= 15 is 0 Å². The number of nitrogens with zero attached hydrogens (tertiary/aromatic N) is 2. The first kappa shape index (κ1) is 23.9. The largest absolute Gasteiger partial charge is 2.00 e. The van der Waals surface area contributed by atoms with E-state index in [2.05, 4.69) is 0 Å². The van der Waals surface area contributed by atoms with Crippen molar-refractivity contribution >= 4 is 10.0 Å². The van der Waals surface area contributed by atoms with Crippen LogP contribution in [-0.2, 0) is 27.1 Å². The number of hydrogen-bond donors (Lipinski definition) is 0. The standard InChI is InChI=1S/C17H20N2O4S.C5H5.Fe/c1-23-15-8-4-5-9-16(15)24(21,22)19-12-10-18(11-13-19)17(20)14-6-2-3-7-14;1-2-4-5-3-1;/h2-9,20H,10-13H2,1H3;1-5H;/q;-1;+2/p-1. The third-order valence-corrected chi connectivity index (χ3v) is 6.62. The summed E-state index contributed by atoms with van der Waals surface area (Å²) in [6.45, 7) is 1.29. The minimum Gasteiger partial charge on any atom is -0.860 e. The number of methoxy groups -OCH3 is 1. The van der Waals surface area contributed by atoms with E-state index in [0.29, 0.717) is 24.4 Å². The number of sulfonamides is 1. The maximum Gasteiger partial charge on any atom is 2.00 e. The molecule has 0 amide bonds. The first-order valence-corrected chi connectivity index (χ1v) is 10.8. The summed E-state index contributed by atoms with van der Waals surface area (Å²) in [5.41, 5.74) is 0.635. The first-order chi connectivity index (χ1) is 14.0. The Labute approximate surface area is 188 Å². The Kier molecular flexibility index (Phi) is 8.87. The summed E-state index contributed by atoms with van der Waals surface area (Å²) in [6.07, 6.45) is 7.16. The fourth-order valence-corrected chi connectivity index (χ4v) is 4.70. The molecule has 1 aliphatic heterocycles. The summed E-state index contributed by atoms with van der Waals surface area (Å²) in [5.74, 6) is 0.266. The van der Waals surface area contributed by atoms with Crippen LogP contribution in [0.4, 0.5) is 0 Å². The predicted octanol–water partition coefficient (Wildman–Crippen LogP) is 2.10. The topological polar surface area (TPSA) is 72.9 Å². The molecule has 0 atom stereocenters. The fourth-order valence-electron chi connectivity index (χ4n) is 3.12. The Bertz CT molecular complexity index is 959. The van der Waals surface area contributed by atoms with Crippen molar-refractivity contribution in [2.75, 3.05) is 33.3 Å². The maximum atomic E-state index is 12.8. The molecule has 2 aromatic rings. The molecule has 160 valence electrons. The Morgan fingerprint density at radius 1 is 1.00 bits per heavy atom. The zero-order valence-electron chi connectivity index (χ0n) is 16.6. The molecule has 2 aromatic carbocycles. The van der Waals surface area contributed by atoms with E-state index in [4.69, 9.17) is 4.74 Å². The molecule has 0 N–H and O–H groups in total. The molecule has 0 bridgehead atoms. The molecule has 1 aliphatic carbocycles. The van der Waals surface area contributed by atoms with Gasteiger partial charge in [-0.05, 0) is 23.6 Å². The molecule has 1 heterocycles. The second-order valence-corrected chi connectivity index (χ2v) is 8.39. The van der Waals surface area contributed by atoms with Gasteiger partial charge in [0.25, 0.3) is 0 Å². The van der Waals surface area contributed by atoms with Gasteiger partial charge in [-0.3, -0.25) is 0 Å². The van der Waals surface area contributed by atoms with Gasteiger partial charge in [0.1, 0.15) is 10.6 Å². The van der Waals surface area contributed by atoms with Gasteiger partial charge in [0, 0.05) is 26.2 Å². The molecule has 4 rings (SSSR count). The molecule has 0 unspecified atom stereocenters. The third kappa shape index (κ3) is 5.61. The minimum atomic E-state index is -3.64. The van der Waals surface area contributed by atoms with E-state index in [1.54, 1.807) is 35.3 Å². The molecular weight excluding hydrogens is 444 g/mol. The number of ether oxygens (including phenoxy) is 1. The number of allylic oxidation sites excluding steroid dienone is 5. The van der Waals surface area contributed by atoms with Gasteiger partial charge in [-0.25, -0.2) is 20.6 Å². The number of benzene rings is 1. The quantitative estimate of drug-likeness (QED) is 0.391. The molecule has 30 heavy (non-hydrogen) atoms. The first-order valence-electron chi connectivity index (χ1n) is 9.35. The Balaban J connectivity index is 0.000000468. The predicted molar refractivity (Wildman–Crippen MR) is 111 cm³/mol. The normalized spacial score (nSPS) is 15.9. The van der Waals surface area contributed by atoms with Crippen molar-refractivity contribution in [3.8, 4) is 5.75 Å². The molecule has 6 nitrogen and oxygen atoms in total. The Morgan fingerprint density at radius 2 is 1.60 bits per heavy atom. The van der Waals surface area contributed by atoms with Crippen molar-refractivity contribution in [2.24, 2.45) is 0 Å². The van der Waals surface area contributed by atoms with Crippen molar-refractivity contribution < 1.29 is 35.3 Å².